The van der Waals surface area contributed by atoms with E-state index in [1.165, 1.54) is 12.1 Å². The lowest BCUT2D eigenvalue weighted by molar-refractivity contribution is -0.153. The number of carbonyl (C=O) groups excluding carboxylic acids is 2. The maximum absolute atomic E-state index is 12.5. The van der Waals surface area contributed by atoms with E-state index in [0.29, 0.717) is 31.2 Å². The van der Waals surface area contributed by atoms with Crippen LogP contribution in [0.2, 0.25) is 5.02 Å². The molecule has 1 N–H and O–H groups in total. The average molecular weight is 470 g/mol. The Labute approximate surface area is 188 Å². The molecule has 10 heteroatoms. The Morgan fingerprint density at radius 3 is 2.06 bits per heavy atom. The minimum atomic E-state index is -4.39. The van der Waals surface area contributed by atoms with Crippen molar-refractivity contribution < 1.29 is 27.5 Å². The molecule has 172 valence electrons. The zero-order chi connectivity index (χ0) is 23.1. The van der Waals surface area contributed by atoms with Gasteiger partial charge in [-0.3, -0.25) is 4.79 Å². The molecular weight excluding hydrogens is 447 g/mol. The Morgan fingerprint density at radius 2 is 1.47 bits per heavy atom. The van der Waals surface area contributed by atoms with E-state index in [-0.39, 0.29) is 30.7 Å². The standard InChI is InChI=1S/C22H23ClF3N3O3/c23-18-5-1-16(2-6-18)13-20(30)28-9-11-29(12-10-28)21(31)27-14-17-3-7-19(8-4-17)32-15-22(24,25)26/h1-8H,9-15H2,(H,27,31). The Kier molecular flexibility index (Phi) is 7.84. The molecule has 0 spiro atoms. The number of piperazine rings is 1. The Morgan fingerprint density at radius 1 is 0.906 bits per heavy atom. The fraction of sp³-hybridized carbons (Fsp3) is 0.364. The Hall–Kier alpha value is -2.94. The van der Waals surface area contributed by atoms with Gasteiger partial charge < -0.3 is 19.9 Å². The van der Waals surface area contributed by atoms with Gasteiger partial charge in [0.1, 0.15) is 5.75 Å². The lowest BCUT2D eigenvalue weighted by Crippen LogP contribution is -2.53. The van der Waals surface area contributed by atoms with Gasteiger partial charge in [-0.1, -0.05) is 35.9 Å². The third-order valence-corrected chi connectivity index (χ3v) is 5.21. The summed E-state index contributed by atoms with van der Waals surface area (Å²) in [5.41, 5.74) is 1.61. The minimum Gasteiger partial charge on any atom is -0.484 e. The molecule has 1 aliphatic rings. The van der Waals surface area contributed by atoms with E-state index in [2.05, 4.69) is 10.1 Å². The molecular formula is C22H23ClF3N3O3. The topological polar surface area (TPSA) is 61.9 Å². The first-order valence-electron chi connectivity index (χ1n) is 10.0. The summed E-state index contributed by atoms with van der Waals surface area (Å²) in [6.45, 7) is 0.617. The highest BCUT2D eigenvalue weighted by molar-refractivity contribution is 6.30. The van der Waals surface area contributed by atoms with E-state index < -0.39 is 12.8 Å². The first-order chi connectivity index (χ1) is 15.2. The molecule has 32 heavy (non-hydrogen) atoms. The molecule has 1 saturated heterocycles. The smallest absolute Gasteiger partial charge is 0.422 e. The summed E-state index contributed by atoms with van der Waals surface area (Å²) < 4.78 is 41.2. The number of nitrogens with one attached hydrogen (secondary N) is 1. The van der Waals surface area contributed by atoms with Crippen LogP contribution in [0.5, 0.6) is 5.75 Å². The third-order valence-electron chi connectivity index (χ3n) is 4.96. The summed E-state index contributed by atoms with van der Waals surface area (Å²) in [6.07, 6.45) is -4.11. The second kappa shape index (κ2) is 10.6. The van der Waals surface area contributed by atoms with Gasteiger partial charge in [0.2, 0.25) is 5.91 Å². The molecule has 1 aliphatic heterocycles. The van der Waals surface area contributed by atoms with Gasteiger partial charge in [-0.05, 0) is 35.4 Å². The maximum atomic E-state index is 12.5. The highest BCUT2D eigenvalue weighted by Gasteiger charge is 2.28. The van der Waals surface area contributed by atoms with Crippen molar-refractivity contribution in [2.45, 2.75) is 19.1 Å². The monoisotopic (exact) mass is 469 g/mol. The van der Waals surface area contributed by atoms with Crippen LogP contribution in [0.3, 0.4) is 0 Å². The molecule has 0 aromatic heterocycles. The molecule has 3 amide bonds. The van der Waals surface area contributed by atoms with Crippen LogP contribution in [-0.4, -0.2) is 60.7 Å². The number of hydrogen-bond donors (Lipinski definition) is 1. The third kappa shape index (κ3) is 7.33. The summed E-state index contributed by atoms with van der Waals surface area (Å²) in [5.74, 6) is 0.108. The number of ether oxygens (including phenoxy) is 1. The van der Waals surface area contributed by atoms with Crippen molar-refractivity contribution in [2.75, 3.05) is 32.8 Å². The van der Waals surface area contributed by atoms with Crippen LogP contribution < -0.4 is 10.1 Å². The number of alkyl halides is 3. The molecule has 1 heterocycles. The molecule has 1 fully saturated rings. The van der Waals surface area contributed by atoms with Crippen LogP contribution in [0.25, 0.3) is 0 Å². The van der Waals surface area contributed by atoms with Crippen molar-refractivity contribution in [1.29, 1.82) is 0 Å². The fourth-order valence-electron chi connectivity index (χ4n) is 3.21. The number of amides is 3. The molecule has 2 aromatic rings. The molecule has 3 rings (SSSR count). The van der Waals surface area contributed by atoms with Crippen LogP contribution in [0, 0.1) is 0 Å². The van der Waals surface area contributed by atoms with E-state index in [4.69, 9.17) is 11.6 Å². The minimum absolute atomic E-state index is 0.000197. The molecule has 2 aromatic carbocycles. The van der Waals surface area contributed by atoms with Crippen LogP contribution >= 0.6 is 11.6 Å². The van der Waals surface area contributed by atoms with Gasteiger partial charge in [-0.2, -0.15) is 13.2 Å². The number of hydrogen-bond acceptors (Lipinski definition) is 3. The van der Waals surface area contributed by atoms with Gasteiger partial charge >= 0.3 is 12.2 Å². The lowest BCUT2D eigenvalue weighted by Gasteiger charge is -2.34. The molecule has 0 bridgehead atoms. The number of urea groups is 1. The molecule has 0 aliphatic carbocycles. The SMILES string of the molecule is O=C(Cc1ccc(Cl)cc1)N1CCN(C(=O)NCc2ccc(OCC(F)(F)F)cc2)CC1. The van der Waals surface area contributed by atoms with E-state index in [1.807, 2.05) is 12.1 Å². The quantitative estimate of drug-likeness (QED) is 0.698. The molecule has 0 saturated carbocycles. The lowest BCUT2D eigenvalue weighted by atomic mass is 10.1. The Balaban J connectivity index is 1.39. The van der Waals surface area contributed by atoms with Crippen molar-refractivity contribution in [3.63, 3.8) is 0 Å². The zero-order valence-electron chi connectivity index (χ0n) is 17.2. The number of carbonyl (C=O) groups is 2. The number of rotatable bonds is 6. The number of nitrogens with zero attached hydrogens (tertiary/aromatic N) is 2. The first-order valence-corrected chi connectivity index (χ1v) is 10.4. The van der Waals surface area contributed by atoms with Gasteiger partial charge in [-0.15, -0.1) is 0 Å². The number of benzene rings is 2. The van der Waals surface area contributed by atoms with Crippen LogP contribution in [0.4, 0.5) is 18.0 Å². The van der Waals surface area contributed by atoms with E-state index in [9.17, 15) is 22.8 Å². The number of halogens is 4. The van der Waals surface area contributed by atoms with Crippen molar-refractivity contribution >= 4 is 23.5 Å². The summed E-state index contributed by atoms with van der Waals surface area (Å²) in [5, 5.41) is 3.40. The van der Waals surface area contributed by atoms with Crippen LogP contribution in [-0.2, 0) is 17.8 Å². The summed E-state index contributed by atoms with van der Waals surface area (Å²) in [4.78, 5) is 28.2. The largest absolute Gasteiger partial charge is 0.484 e. The van der Waals surface area contributed by atoms with E-state index in [1.54, 1.807) is 34.1 Å². The highest BCUT2D eigenvalue weighted by atomic mass is 35.5. The van der Waals surface area contributed by atoms with E-state index >= 15 is 0 Å². The van der Waals surface area contributed by atoms with Crippen molar-refractivity contribution in [2.24, 2.45) is 0 Å². The van der Waals surface area contributed by atoms with Gasteiger partial charge in [0, 0.05) is 37.7 Å². The molecule has 6 nitrogen and oxygen atoms in total. The van der Waals surface area contributed by atoms with Gasteiger partial charge in [0.15, 0.2) is 6.61 Å². The summed E-state index contributed by atoms with van der Waals surface area (Å²) in [6, 6.07) is 12.9. The predicted molar refractivity (Wildman–Crippen MR) is 114 cm³/mol. The Bertz CT molecular complexity index is 913. The zero-order valence-corrected chi connectivity index (χ0v) is 18.0. The van der Waals surface area contributed by atoms with Crippen molar-refractivity contribution in [3.8, 4) is 5.75 Å². The molecule has 0 radical (unpaired) electrons. The van der Waals surface area contributed by atoms with Crippen molar-refractivity contribution in [3.05, 3.63) is 64.7 Å². The summed E-state index contributed by atoms with van der Waals surface area (Å²) in [7, 11) is 0. The average Bonchev–Trinajstić information content (AvgIpc) is 2.78. The predicted octanol–water partition coefficient (Wildman–Crippen LogP) is 3.88. The van der Waals surface area contributed by atoms with Crippen LogP contribution in [0.1, 0.15) is 11.1 Å². The normalized spacial score (nSPS) is 14.2. The van der Waals surface area contributed by atoms with Crippen molar-refractivity contribution in [1.82, 2.24) is 15.1 Å². The summed E-state index contributed by atoms with van der Waals surface area (Å²) >= 11 is 5.86. The van der Waals surface area contributed by atoms with Gasteiger partial charge in [-0.25, -0.2) is 4.79 Å². The maximum Gasteiger partial charge on any atom is 0.422 e. The first kappa shape index (κ1) is 23.7. The van der Waals surface area contributed by atoms with Gasteiger partial charge in [0.05, 0.1) is 6.42 Å². The second-order valence-electron chi connectivity index (χ2n) is 7.38. The fourth-order valence-corrected chi connectivity index (χ4v) is 3.33. The van der Waals surface area contributed by atoms with Gasteiger partial charge in [0.25, 0.3) is 0 Å². The van der Waals surface area contributed by atoms with Crippen LogP contribution in [0.15, 0.2) is 48.5 Å². The van der Waals surface area contributed by atoms with E-state index in [0.717, 1.165) is 11.1 Å². The second-order valence-corrected chi connectivity index (χ2v) is 7.81. The highest BCUT2D eigenvalue weighted by Crippen LogP contribution is 2.19. The molecule has 0 atom stereocenters. The molecule has 0 unspecified atom stereocenters.